The molecule has 0 aromatic carbocycles. The lowest BCUT2D eigenvalue weighted by Gasteiger charge is -2.13. The molecular weight excluding hydrogens is 356 g/mol. The van der Waals surface area contributed by atoms with Gasteiger partial charge in [-0.05, 0) is 31.2 Å². The number of aryl methyl sites for hydroxylation is 1. The van der Waals surface area contributed by atoms with Gasteiger partial charge in [0.15, 0.2) is 6.61 Å². The van der Waals surface area contributed by atoms with Gasteiger partial charge in [-0.3, -0.25) is 14.4 Å². The molecule has 1 aliphatic rings. The third kappa shape index (κ3) is 5.28. The summed E-state index contributed by atoms with van der Waals surface area (Å²) in [6.45, 7) is 3.88. The molecule has 0 saturated heterocycles. The SMILES string of the molecule is COCCNC(=O)c1c(NC(=O)COC(=O)C(C)C)sc2c1CCCC2. The first kappa shape index (κ1) is 20.4. The number of rotatable bonds is 8. The highest BCUT2D eigenvalue weighted by Crippen LogP contribution is 2.38. The van der Waals surface area contributed by atoms with E-state index < -0.39 is 11.9 Å². The number of fused-ring (bicyclic) bond motifs is 1. The fourth-order valence-electron chi connectivity index (χ4n) is 2.72. The topological polar surface area (TPSA) is 93.7 Å². The van der Waals surface area contributed by atoms with Crippen LogP contribution in [-0.4, -0.2) is 44.7 Å². The summed E-state index contributed by atoms with van der Waals surface area (Å²) in [5.74, 6) is -1.37. The first-order valence-electron chi connectivity index (χ1n) is 8.82. The van der Waals surface area contributed by atoms with Crippen LogP contribution in [-0.2, 0) is 31.9 Å². The molecule has 2 N–H and O–H groups in total. The fraction of sp³-hybridized carbons (Fsp3) is 0.611. The standard InChI is InChI=1S/C18H26N2O5S/c1-11(2)18(23)25-10-14(21)20-17-15(16(22)19-8-9-24-3)12-6-4-5-7-13(12)26-17/h11H,4-10H2,1-3H3,(H,19,22)(H,20,21). The summed E-state index contributed by atoms with van der Waals surface area (Å²) in [6, 6.07) is 0. The van der Waals surface area contributed by atoms with Gasteiger partial charge in [-0.2, -0.15) is 0 Å². The molecule has 0 atom stereocenters. The number of hydrogen-bond acceptors (Lipinski definition) is 6. The van der Waals surface area contributed by atoms with Crippen molar-refractivity contribution in [2.24, 2.45) is 5.92 Å². The third-order valence-electron chi connectivity index (χ3n) is 4.06. The van der Waals surface area contributed by atoms with E-state index in [-0.39, 0.29) is 18.4 Å². The molecule has 0 radical (unpaired) electrons. The summed E-state index contributed by atoms with van der Waals surface area (Å²) < 4.78 is 9.92. The van der Waals surface area contributed by atoms with Crippen LogP contribution in [0.25, 0.3) is 0 Å². The van der Waals surface area contributed by atoms with E-state index in [1.54, 1.807) is 21.0 Å². The summed E-state index contributed by atoms with van der Waals surface area (Å²) in [7, 11) is 1.57. The molecule has 144 valence electrons. The molecule has 0 saturated carbocycles. The molecule has 0 spiro atoms. The van der Waals surface area contributed by atoms with Gasteiger partial charge in [-0.25, -0.2) is 0 Å². The van der Waals surface area contributed by atoms with Crippen molar-refractivity contribution in [3.63, 3.8) is 0 Å². The normalized spacial score (nSPS) is 13.2. The zero-order valence-corrected chi connectivity index (χ0v) is 16.3. The number of carbonyl (C=O) groups excluding carboxylic acids is 3. The van der Waals surface area contributed by atoms with E-state index >= 15 is 0 Å². The van der Waals surface area contributed by atoms with E-state index in [0.717, 1.165) is 36.1 Å². The summed E-state index contributed by atoms with van der Waals surface area (Å²) in [5.41, 5.74) is 1.55. The Kier molecular flexibility index (Phi) is 7.59. The Balaban J connectivity index is 2.11. The zero-order chi connectivity index (χ0) is 19.1. The molecule has 1 heterocycles. The number of esters is 1. The lowest BCUT2D eigenvalue weighted by Crippen LogP contribution is -2.29. The molecule has 26 heavy (non-hydrogen) atoms. The van der Waals surface area contributed by atoms with Gasteiger partial charge in [0.25, 0.3) is 11.8 Å². The van der Waals surface area contributed by atoms with Crippen LogP contribution in [0.15, 0.2) is 0 Å². The van der Waals surface area contributed by atoms with E-state index in [4.69, 9.17) is 9.47 Å². The van der Waals surface area contributed by atoms with Gasteiger partial charge < -0.3 is 20.1 Å². The lowest BCUT2D eigenvalue weighted by molar-refractivity contribution is -0.150. The number of carbonyl (C=O) groups is 3. The van der Waals surface area contributed by atoms with E-state index in [1.807, 2.05) is 0 Å². The van der Waals surface area contributed by atoms with Gasteiger partial charge in [-0.1, -0.05) is 13.8 Å². The highest BCUT2D eigenvalue weighted by atomic mass is 32.1. The van der Waals surface area contributed by atoms with Crippen molar-refractivity contribution in [3.8, 4) is 0 Å². The molecule has 1 aromatic rings. The van der Waals surface area contributed by atoms with E-state index in [2.05, 4.69) is 10.6 Å². The second-order valence-corrected chi connectivity index (χ2v) is 7.58. The molecule has 8 heteroatoms. The van der Waals surface area contributed by atoms with Gasteiger partial charge in [0.2, 0.25) is 0 Å². The monoisotopic (exact) mass is 382 g/mol. The van der Waals surface area contributed by atoms with Crippen LogP contribution in [0.1, 0.15) is 47.5 Å². The smallest absolute Gasteiger partial charge is 0.308 e. The van der Waals surface area contributed by atoms with Crippen LogP contribution in [0.2, 0.25) is 0 Å². The van der Waals surface area contributed by atoms with E-state index in [0.29, 0.717) is 23.7 Å². The van der Waals surface area contributed by atoms with Crippen molar-refractivity contribution in [1.82, 2.24) is 5.32 Å². The Morgan fingerprint density at radius 2 is 1.92 bits per heavy atom. The van der Waals surface area contributed by atoms with Gasteiger partial charge in [0, 0.05) is 18.5 Å². The van der Waals surface area contributed by atoms with Crippen molar-refractivity contribution < 1.29 is 23.9 Å². The van der Waals surface area contributed by atoms with Gasteiger partial charge in [0.1, 0.15) is 5.00 Å². The van der Waals surface area contributed by atoms with Crippen LogP contribution in [0.5, 0.6) is 0 Å². The van der Waals surface area contributed by atoms with Crippen molar-refractivity contribution in [2.45, 2.75) is 39.5 Å². The summed E-state index contributed by atoms with van der Waals surface area (Å²) in [4.78, 5) is 37.4. The minimum atomic E-state index is -0.441. The van der Waals surface area contributed by atoms with Crippen molar-refractivity contribution in [3.05, 3.63) is 16.0 Å². The van der Waals surface area contributed by atoms with Crippen LogP contribution in [0, 0.1) is 5.92 Å². The number of ether oxygens (including phenoxy) is 2. The first-order chi connectivity index (χ1) is 12.4. The Bertz CT molecular complexity index is 669. The molecule has 1 aliphatic carbocycles. The predicted octanol–water partition coefficient (Wildman–Crippen LogP) is 2.14. The Hall–Kier alpha value is -1.93. The van der Waals surface area contributed by atoms with Crippen molar-refractivity contribution in [2.75, 3.05) is 32.2 Å². The van der Waals surface area contributed by atoms with Gasteiger partial charge in [-0.15, -0.1) is 11.3 Å². The Morgan fingerprint density at radius 3 is 2.62 bits per heavy atom. The number of methoxy groups -OCH3 is 1. The number of nitrogens with one attached hydrogen (secondary N) is 2. The van der Waals surface area contributed by atoms with Crippen LogP contribution in [0.4, 0.5) is 5.00 Å². The average molecular weight is 382 g/mol. The number of hydrogen-bond donors (Lipinski definition) is 2. The number of anilines is 1. The maximum atomic E-state index is 12.6. The summed E-state index contributed by atoms with van der Waals surface area (Å²) >= 11 is 1.43. The first-order valence-corrected chi connectivity index (χ1v) is 9.63. The van der Waals surface area contributed by atoms with Crippen LogP contribution >= 0.6 is 11.3 Å². The van der Waals surface area contributed by atoms with Gasteiger partial charge in [0.05, 0.1) is 18.1 Å². The molecule has 2 rings (SSSR count). The largest absolute Gasteiger partial charge is 0.455 e. The number of amides is 2. The van der Waals surface area contributed by atoms with E-state index in [9.17, 15) is 14.4 Å². The van der Waals surface area contributed by atoms with Crippen LogP contribution < -0.4 is 10.6 Å². The average Bonchev–Trinajstić information content (AvgIpc) is 2.97. The third-order valence-corrected chi connectivity index (χ3v) is 5.27. The second-order valence-electron chi connectivity index (χ2n) is 6.47. The Labute approximate surface area is 157 Å². The fourth-order valence-corrected chi connectivity index (χ4v) is 4.02. The van der Waals surface area contributed by atoms with E-state index in [1.165, 1.54) is 11.3 Å². The highest BCUT2D eigenvalue weighted by molar-refractivity contribution is 7.17. The molecule has 2 amide bonds. The highest BCUT2D eigenvalue weighted by Gasteiger charge is 2.26. The predicted molar refractivity (Wildman–Crippen MR) is 99.6 cm³/mol. The zero-order valence-electron chi connectivity index (χ0n) is 15.5. The molecule has 1 aromatic heterocycles. The van der Waals surface area contributed by atoms with Gasteiger partial charge >= 0.3 is 5.97 Å². The van der Waals surface area contributed by atoms with Crippen molar-refractivity contribution in [1.29, 1.82) is 0 Å². The molecular formula is C18H26N2O5S. The second kappa shape index (κ2) is 9.68. The maximum absolute atomic E-state index is 12.6. The molecule has 0 unspecified atom stereocenters. The van der Waals surface area contributed by atoms with Crippen molar-refractivity contribution >= 4 is 34.1 Å². The maximum Gasteiger partial charge on any atom is 0.308 e. The summed E-state index contributed by atoms with van der Waals surface area (Å²) in [6.07, 6.45) is 3.85. The molecule has 0 fully saturated rings. The lowest BCUT2D eigenvalue weighted by atomic mass is 9.95. The quantitative estimate of drug-likeness (QED) is 0.531. The minimum absolute atomic E-state index is 0.212. The van der Waals surface area contributed by atoms with Crippen LogP contribution in [0.3, 0.4) is 0 Å². The minimum Gasteiger partial charge on any atom is -0.455 e. The molecule has 7 nitrogen and oxygen atoms in total. The summed E-state index contributed by atoms with van der Waals surface area (Å²) in [5, 5.41) is 6.09. The Morgan fingerprint density at radius 1 is 1.19 bits per heavy atom. The molecule has 0 aliphatic heterocycles. The molecule has 0 bridgehead atoms. The number of thiophene rings is 1.